The van der Waals surface area contributed by atoms with Gasteiger partial charge in [-0.2, -0.15) is 0 Å². The van der Waals surface area contributed by atoms with Crippen LogP contribution in [-0.2, 0) is 20.9 Å². The molecule has 0 bridgehead atoms. The number of carbonyl (C=O) groups excluding carboxylic acids is 2. The molecule has 0 saturated heterocycles. The normalized spacial score (nSPS) is 16.4. The first-order valence-electron chi connectivity index (χ1n) is 11.7. The van der Waals surface area contributed by atoms with Gasteiger partial charge in [0, 0.05) is 12.2 Å². The topological polar surface area (TPSA) is 89.5 Å². The lowest BCUT2D eigenvalue weighted by Crippen LogP contribution is -2.38. The van der Waals surface area contributed by atoms with Crippen LogP contribution in [0, 0.1) is 0 Å². The van der Waals surface area contributed by atoms with Crippen molar-refractivity contribution < 1.29 is 23.8 Å². The molecule has 2 aromatic carbocycles. The summed E-state index contributed by atoms with van der Waals surface area (Å²) in [5.41, 5.74) is 3.45. The minimum absolute atomic E-state index is 0.0736. The standard InChI is InChI=1S/C28H29N3O5S/c1-5-13-36-27(33)25-18(2)30-28-31(26(25)20-11-12-22(34-3)23(14-20)35-4)21(17-37-28)15-24(32)29-16-19-9-7-6-8-10-19/h5-12,14,17,26H,1,13,15-16H2,2-4H3,(H,29,32)/t26-/m1/s1. The quantitative estimate of drug-likeness (QED) is 0.359. The summed E-state index contributed by atoms with van der Waals surface area (Å²) >= 11 is 1.42. The third kappa shape index (κ3) is 5.72. The number of hydrogen-bond donors (Lipinski definition) is 1. The molecule has 0 aliphatic carbocycles. The van der Waals surface area contributed by atoms with Crippen LogP contribution in [0.5, 0.6) is 11.5 Å². The van der Waals surface area contributed by atoms with Gasteiger partial charge in [-0.05, 0) is 35.6 Å². The Labute approximate surface area is 220 Å². The highest BCUT2D eigenvalue weighted by atomic mass is 32.2. The van der Waals surface area contributed by atoms with Crippen molar-refractivity contribution in [2.45, 2.75) is 25.9 Å². The molecule has 1 amide bonds. The highest BCUT2D eigenvalue weighted by molar-refractivity contribution is 8.16. The number of nitrogens with zero attached hydrogens (tertiary/aromatic N) is 2. The summed E-state index contributed by atoms with van der Waals surface area (Å²) in [7, 11) is 3.13. The van der Waals surface area contributed by atoms with Crippen molar-refractivity contribution in [2.24, 2.45) is 4.99 Å². The first-order chi connectivity index (χ1) is 18.0. The minimum atomic E-state index is -0.576. The minimum Gasteiger partial charge on any atom is -0.493 e. The van der Waals surface area contributed by atoms with E-state index in [4.69, 9.17) is 14.2 Å². The molecular weight excluding hydrogens is 490 g/mol. The summed E-state index contributed by atoms with van der Waals surface area (Å²) in [5, 5.41) is 5.56. The molecule has 1 N–H and O–H groups in total. The zero-order valence-electron chi connectivity index (χ0n) is 21.0. The molecule has 0 fully saturated rings. The Balaban J connectivity index is 1.66. The van der Waals surface area contributed by atoms with Crippen molar-refractivity contribution in [3.8, 4) is 11.5 Å². The molecule has 0 saturated carbocycles. The number of rotatable bonds is 10. The maximum atomic E-state index is 13.2. The van der Waals surface area contributed by atoms with Crippen LogP contribution in [-0.4, -0.2) is 42.8 Å². The largest absolute Gasteiger partial charge is 0.493 e. The van der Waals surface area contributed by atoms with Gasteiger partial charge in [0.2, 0.25) is 5.91 Å². The fourth-order valence-electron chi connectivity index (χ4n) is 4.20. The Morgan fingerprint density at radius 1 is 1.14 bits per heavy atom. The van der Waals surface area contributed by atoms with E-state index in [-0.39, 0.29) is 18.9 Å². The summed E-state index contributed by atoms with van der Waals surface area (Å²) in [4.78, 5) is 32.7. The van der Waals surface area contributed by atoms with Crippen LogP contribution in [0.15, 0.2) is 88.6 Å². The van der Waals surface area contributed by atoms with Gasteiger partial charge in [-0.15, -0.1) is 0 Å². The summed E-state index contributed by atoms with van der Waals surface area (Å²) in [6.45, 7) is 5.92. The number of amides is 1. The number of esters is 1. The fourth-order valence-corrected chi connectivity index (χ4v) is 5.17. The van der Waals surface area contributed by atoms with E-state index in [2.05, 4.69) is 16.9 Å². The average Bonchev–Trinajstić information content (AvgIpc) is 3.31. The molecule has 0 radical (unpaired) electrons. The van der Waals surface area contributed by atoms with Crippen molar-refractivity contribution in [1.82, 2.24) is 10.2 Å². The Bertz CT molecular complexity index is 1290. The zero-order chi connectivity index (χ0) is 26.4. The molecule has 37 heavy (non-hydrogen) atoms. The SMILES string of the molecule is C=CCOC(=O)C1=C(C)N=C2SC=C(CC(=O)NCc3ccccc3)N2[C@@H]1c1ccc(OC)c(OC)c1. The van der Waals surface area contributed by atoms with Crippen LogP contribution in [0.25, 0.3) is 0 Å². The number of hydrogen-bond acceptors (Lipinski definition) is 8. The van der Waals surface area contributed by atoms with E-state index in [1.54, 1.807) is 27.2 Å². The Kier molecular flexibility index (Phi) is 8.35. The third-order valence-electron chi connectivity index (χ3n) is 5.95. The van der Waals surface area contributed by atoms with Crippen molar-refractivity contribution in [1.29, 1.82) is 0 Å². The number of amidine groups is 1. The first kappa shape index (κ1) is 26.1. The van der Waals surface area contributed by atoms with Gasteiger partial charge in [0.1, 0.15) is 6.61 Å². The van der Waals surface area contributed by atoms with Crippen molar-refractivity contribution in [3.63, 3.8) is 0 Å². The highest BCUT2D eigenvalue weighted by Gasteiger charge is 2.41. The second kappa shape index (κ2) is 11.8. The van der Waals surface area contributed by atoms with Crippen molar-refractivity contribution in [2.75, 3.05) is 20.8 Å². The number of thioether (sulfide) groups is 1. The second-order valence-electron chi connectivity index (χ2n) is 8.33. The molecule has 2 heterocycles. The summed E-state index contributed by atoms with van der Waals surface area (Å²) < 4.78 is 16.4. The molecule has 192 valence electrons. The van der Waals surface area contributed by atoms with E-state index in [0.29, 0.717) is 34.5 Å². The van der Waals surface area contributed by atoms with Crippen LogP contribution in [0.1, 0.15) is 30.5 Å². The average molecular weight is 520 g/mol. The number of fused-ring (bicyclic) bond motifs is 1. The molecule has 0 spiro atoms. The summed E-state index contributed by atoms with van der Waals surface area (Å²) in [6, 6.07) is 14.6. The molecular formula is C28H29N3O5S. The van der Waals surface area contributed by atoms with Crippen LogP contribution in [0.4, 0.5) is 0 Å². The number of benzene rings is 2. The number of allylic oxidation sites excluding steroid dienone is 1. The van der Waals surface area contributed by atoms with E-state index < -0.39 is 12.0 Å². The van der Waals surface area contributed by atoms with E-state index in [1.165, 1.54) is 17.8 Å². The molecule has 1 atom stereocenters. The molecule has 0 unspecified atom stereocenters. The summed E-state index contributed by atoms with van der Waals surface area (Å²) in [5.74, 6) is 0.465. The predicted octanol–water partition coefficient (Wildman–Crippen LogP) is 4.71. The van der Waals surface area contributed by atoms with Crippen molar-refractivity contribution in [3.05, 3.63) is 94.7 Å². The Morgan fingerprint density at radius 2 is 1.89 bits per heavy atom. The van der Waals surface area contributed by atoms with Gasteiger partial charge >= 0.3 is 5.97 Å². The van der Waals surface area contributed by atoms with Crippen molar-refractivity contribution >= 4 is 28.8 Å². The van der Waals surface area contributed by atoms with E-state index in [1.807, 2.05) is 52.8 Å². The van der Waals surface area contributed by atoms with Crippen LogP contribution < -0.4 is 14.8 Å². The van der Waals surface area contributed by atoms with Gasteiger partial charge in [-0.25, -0.2) is 9.79 Å². The van der Waals surface area contributed by atoms with E-state index in [0.717, 1.165) is 16.8 Å². The van der Waals surface area contributed by atoms with Gasteiger partial charge in [-0.3, -0.25) is 4.79 Å². The van der Waals surface area contributed by atoms with E-state index in [9.17, 15) is 9.59 Å². The maximum absolute atomic E-state index is 13.2. The molecule has 4 rings (SSSR count). The molecule has 2 aromatic rings. The van der Waals surface area contributed by atoms with Gasteiger partial charge in [0.05, 0.1) is 38.0 Å². The van der Waals surface area contributed by atoms with E-state index >= 15 is 0 Å². The third-order valence-corrected chi connectivity index (χ3v) is 6.84. The number of methoxy groups -OCH3 is 2. The molecule has 8 nitrogen and oxygen atoms in total. The number of carbonyl (C=O) groups is 2. The fraction of sp³-hybridized carbons (Fsp3) is 0.250. The second-order valence-corrected chi connectivity index (χ2v) is 9.17. The van der Waals surface area contributed by atoms with Gasteiger partial charge in [-0.1, -0.05) is 60.8 Å². The molecule has 9 heteroatoms. The van der Waals surface area contributed by atoms with Gasteiger partial charge in [0.25, 0.3) is 0 Å². The monoisotopic (exact) mass is 519 g/mol. The van der Waals surface area contributed by atoms with Crippen LogP contribution >= 0.6 is 11.8 Å². The van der Waals surface area contributed by atoms with Crippen LogP contribution in [0.3, 0.4) is 0 Å². The van der Waals surface area contributed by atoms with Gasteiger partial charge in [0.15, 0.2) is 16.7 Å². The predicted molar refractivity (Wildman–Crippen MR) is 144 cm³/mol. The molecule has 0 aromatic heterocycles. The first-order valence-corrected chi connectivity index (χ1v) is 12.6. The summed E-state index contributed by atoms with van der Waals surface area (Å²) in [6.07, 6.45) is 1.64. The zero-order valence-corrected chi connectivity index (χ0v) is 21.8. The molecule has 2 aliphatic rings. The maximum Gasteiger partial charge on any atom is 0.338 e. The lowest BCUT2D eigenvalue weighted by atomic mass is 9.93. The lowest BCUT2D eigenvalue weighted by molar-refractivity contribution is -0.138. The lowest BCUT2D eigenvalue weighted by Gasteiger charge is -2.36. The van der Waals surface area contributed by atoms with Crippen LogP contribution in [0.2, 0.25) is 0 Å². The number of ether oxygens (including phenoxy) is 3. The Morgan fingerprint density at radius 3 is 2.59 bits per heavy atom. The number of aliphatic imine (C=N–C) groups is 1. The number of nitrogens with one attached hydrogen (secondary N) is 1. The Hall–Kier alpha value is -3.98. The highest BCUT2D eigenvalue weighted by Crippen LogP contribution is 2.46. The van der Waals surface area contributed by atoms with Gasteiger partial charge < -0.3 is 24.4 Å². The smallest absolute Gasteiger partial charge is 0.338 e. The molecule has 2 aliphatic heterocycles.